The van der Waals surface area contributed by atoms with Crippen molar-refractivity contribution in [3.05, 3.63) is 30.1 Å². The maximum absolute atomic E-state index is 12.7. The minimum atomic E-state index is -0.228. The molecule has 0 bridgehead atoms. The molecule has 2 fully saturated rings. The maximum atomic E-state index is 12.7. The summed E-state index contributed by atoms with van der Waals surface area (Å²) in [4.78, 5) is 2.44. The zero-order chi connectivity index (χ0) is 13.2. The summed E-state index contributed by atoms with van der Waals surface area (Å²) in [6.45, 7) is 3.85. The monoisotopic (exact) mass is 300 g/mol. The Morgan fingerprint density at radius 1 is 1.20 bits per heavy atom. The van der Waals surface area contributed by atoms with Crippen LogP contribution in [-0.4, -0.2) is 37.2 Å². The van der Waals surface area contributed by atoms with Gasteiger partial charge in [-0.05, 0) is 48.9 Å². The summed E-state index contributed by atoms with van der Waals surface area (Å²) in [6, 6.07) is 6.59. The predicted molar refractivity (Wildman–Crippen MR) is 79.8 cm³/mol. The second-order valence-corrected chi connectivity index (χ2v) is 5.73. The maximum Gasteiger partial charge on any atom is 0.123 e. The fourth-order valence-corrected chi connectivity index (χ4v) is 3.41. The van der Waals surface area contributed by atoms with E-state index in [9.17, 15) is 4.39 Å². The molecule has 112 valence electrons. The molecule has 1 aromatic rings. The Morgan fingerprint density at radius 3 is 2.65 bits per heavy atom. The quantitative estimate of drug-likeness (QED) is 0.927. The van der Waals surface area contributed by atoms with Crippen LogP contribution in [0.1, 0.15) is 12.8 Å². The molecule has 1 heterocycles. The zero-order valence-corrected chi connectivity index (χ0v) is 12.3. The van der Waals surface area contributed by atoms with Crippen LogP contribution in [0.5, 0.6) is 5.75 Å². The first-order chi connectivity index (χ1) is 9.22. The van der Waals surface area contributed by atoms with Gasteiger partial charge in [0.15, 0.2) is 0 Å². The number of likely N-dealkylation sites (tertiary alicyclic amines) is 1. The highest BCUT2D eigenvalue weighted by molar-refractivity contribution is 5.85. The van der Waals surface area contributed by atoms with Crippen molar-refractivity contribution in [2.24, 2.45) is 17.6 Å². The first kappa shape index (κ1) is 15.5. The number of benzene rings is 1. The van der Waals surface area contributed by atoms with Crippen molar-refractivity contribution in [1.82, 2.24) is 4.90 Å². The van der Waals surface area contributed by atoms with E-state index in [1.807, 2.05) is 0 Å². The fourth-order valence-electron chi connectivity index (χ4n) is 3.41. The molecular weight excluding hydrogens is 279 g/mol. The van der Waals surface area contributed by atoms with Gasteiger partial charge in [-0.2, -0.15) is 0 Å². The Bertz CT molecular complexity index is 428. The van der Waals surface area contributed by atoms with Gasteiger partial charge in [-0.1, -0.05) is 0 Å². The minimum absolute atomic E-state index is 0. The average Bonchev–Trinajstić information content (AvgIpc) is 2.95. The van der Waals surface area contributed by atoms with Gasteiger partial charge in [0, 0.05) is 25.7 Å². The van der Waals surface area contributed by atoms with Gasteiger partial charge in [0.05, 0.1) is 0 Å². The van der Waals surface area contributed by atoms with Crippen LogP contribution in [0.4, 0.5) is 4.39 Å². The summed E-state index contributed by atoms with van der Waals surface area (Å²) in [5.41, 5.74) is 6.12. The van der Waals surface area contributed by atoms with Gasteiger partial charge in [-0.15, -0.1) is 12.4 Å². The lowest BCUT2D eigenvalue weighted by Crippen LogP contribution is -2.32. The molecule has 20 heavy (non-hydrogen) atoms. The third-order valence-electron chi connectivity index (χ3n) is 4.48. The van der Waals surface area contributed by atoms with Crippen molar-refractivity contribution < 1.29 is 9.13 Å². The van der Waals surface area contributed by atoms with Crippen molar-refractivity contribution >= 4 is 12.4 Å². The number of nitrogens with zero attached hydrogens (tertiary/aromatic N) is 1. The van der Waals surface area contributed by atoms with E-state index in [0.29, 0.717) is 18.6 Å². The molecule has 3 unspecified atom stereocenters. The topological polar surface area (TPSA) is 38.5 Å². The average molecular weight is 301 g/mol. The summed E-state index contributed by atoms with van der Waals surface area (Å²) < 4.78 is 18.4. The zero-order valence-electron chi connectivity index (χ0n) is 11.5. The summed E-state index contributed by atoms with van der Waals surface area (Å²) in [5, 5.41) is 0. The van der Waals surface area contributed by atoms with E-state index in [1.165, 1.54) is 25.0 Å². The smallest absolute Gasteiger partial charge is 0.123 e. The molecule has 0 radical (unpaired) electrons. The van der Waals surface area contributed by atoms with Crippen LogP contribution in [0, 0.1) is 17.7 Å². The van der Waals surface area contributed by atoms with Crippen LogP contribution >= 0.6 is 12.4 Å². The molecule has 2 aliphatic rings. The predicted octanol–water partition coefficient (Wildman–Crippen LogP) is 2.30. The molecular formula is C15H22ClFN2O. The highest BCUT2D eigenvalue weighted by atomic mass is 35.5. The summed E-state index contributed by atoms with van der Waals surface area (Å²) in [5.74, 6) is 1.98. The SMILES string of the molecule is Cl.NC1CCC2CN(CCOc3ccc(F)cc3)CC12. The van der Waals surface area contributed by atoms with E-state index in [0.717, 1.165) is 31.3 Å². The number of ether oxygens (including phenoxy) is 1. The fraction of sp³-hybridized carbons (Fsp3) is 0.600. The van der Waals surface area contributed by atoms with E-state index in [4.69, 9.17) is 10.5 Å². The molecule has 0 amide bonds. The summed E-state index contributed by atoms with van der Waals surface area (Å²) >= 11 is 0. The Hall–Kier alpha value is -0.840. The van der Waals surface area contributed by atoms with Gasteiger partial charge >= 0.3 is 0 Å². The van der Waals surface area contributed by atoms with Crippen molar-refractivity contribution in [2.45, 2.75) is 18.9 Å². The van der Waals surface area contributed by atoms with Crippen molar-refractivity contribution in [3.8, 4) is 5.75 Å². The van der Waals surface area contributed by atoms with Gasteiger partial charge < -0.3 is 10.5 Å². The van der Waals surface area contributed by atoms with Crippen LogP contribution in [0.3, 0.4) is 0 Å². The minimum Gasteiger partial charge on any atom is -0.492 e. The molecule has 0 aromatic heterocycles. The number of hydrogen-bond acceptors (Lipinski definition) is 3. The molecule has 3 atom stereocenters. The molecule has 3 rings (SSSR count). The normalized spacial score (nSPS) is 29.0. The molecule has 0 spiro atoms. The third-order valence-corrected chi connectivity index (χ3v) is 4.48. The number of fused-ring (bicyclic) bond motifs is 1. The van der Waals surface area contributed by atoms with E-state index in [-0.39, 0.29) is 18.2 Å². The lowest BCUT2D eigenvalue weighted by Gasteiger charge is -2.18. The van der Waals surface area contributed by atoms with E-state index >= 15 is 0 Å². The molecule has 1 aliphatic heterocycles. The van der Waals surface area contributed by atoms with Gasteiger partial charge in [0.25, 0.3) is 0 Å². The standard InChI is InChI=1S/C15H21FN2O.ClH/c16-12-2-4-13(5-3-12)19-8-7-18-9-11-1-6-15(17)14(11)10-18;/h2-5,11,14-15H,1,6-10,17H2;1H. The first-order valence-electron chi connectivity index (χ1n) is 7.08. The van der Waals surface area contributed by atoms with Gasteiger partial charge in [-0.25, -0.2) is 4.39 Å². The Kier molecular flexibility index (Phi) is 5.24. The number of rotatable bonds is 4. The third kappa shape index (κ3) is 3.43. The summed E-state index contributed by atoms with van der Waals surface area (Å²) in [7, 11) is 0. The van der Waals surface area contributed by atoms with Crippen LogP contribution in [-0.2, 0) is 0 Å². The molecule has 1 aromatic carbocycles. The molecule has 2 N–H and O–H groups in total. The number of hydrogen-bond donors (Lipinski definition) is 1. The van der Waals surface area contributed by atoms with Gasteiger partial charge in [0.2, 0.25) is 0 Å². The Balaban J connectivity index is 0.00000147. The molecule has 1 aliphatic carbocycles. The molecule has 1 saturated heterocycles. The van der Waals surface area contributed by atoms with Gasteiger partial charge in [-0.3, -0.25) is 4.90 Å². The number of halogens is 2. The van der Waals surface area contributed by atoms with E-state index in [2.05, 4.69) is 4.90 Å². The van der Waals surface area contributed by atoms with Crippen LogP contribution < -0.4 is 10.5 Å². The molecule has 5 heteroatoms. The van der Waals surface area contributed by atoms with Crippen LogP contribution in [0.15, 0.2) is 24.3 Å². The number of nitrogens with two attached hydrogens (primary N) is 1. The van der Waals surface area contributed by atoms with Crippen LogP contribution in [0.25, 0.3) is 0 Å². The highest BCUT2D eigenvalue weighted by Crippen LogP contribution is 2.36. The van der Waals surface area contributed by atoms with Crippen LogP contribution in [0.2, 0.25) is 0 Å². The van der Waals surface area contributed by atoms with E-state index in [1.54, 1.807) is 12.1 Å². The Labute approximate surface area is 125 Å². The first-order valence-corrected chi connectivity index (χ1v) is 7.08. The summed E-state index contributed by atoms with van der Waals surface area (Å²) in [6.07, 6.45) is 2.47. The molecule has 3 nitrogen and oxygen atoms in total. The lowest BCUT2D eigenvalue weighted by atomic mass is 9.98. The van der Waals surface area contributed by atoms with Crippen molar-refractivity contribution in [2.75, 3.05) is 26.2 Å². The lowest BCUT2D eigenvalue weighted by molar-refractivity contribution is 0.225. The second-order valence-electron chi connectivity index (χ2n) is 5.73. The Morgan fingerprint density at radius 2 is 1.95 bits per heavy atom. The van der Waals surface area contributed by atoms with Crippen molar-refractivity contribution in [3.63, 3.8) is 0 Å². The largest absolute Gasteiger partial charge is 0.492 e. The second kappa shape index (κ2) is 6.74. The van der Waals surface area contributed by atoms with Gasteiger partial charge in [0.1, 0.15) is 18.2 Å². The van der Waals surface area contributed by atoms with E-state index < -0.39 is 0 Å². The highest BCUT2D eigenvalue weighted by Gasteiger charge is 2.40. The van der Waals surface area contributed by atoms with Crippen molar-refractivity contribution in [1.29, 1.82) is 0 Å². The molecule has 1 saturated carbocycles.